The van der Waals surface area contributed by atoms with Crippen molar-refractivity contribution < 1.29 is 9.72 Å². The maximum absolute atomic E-state index is 11.7. The van der Waals surface area contributed by atoms with E-state index in [4.69, 9.17) is 5.73 Å². The summed E-state index contributed by atoms with van der Waals surface area (Å²) < 4.78 is 0. The Balaban J connectivity index is 1.63. The number of amides is 1. The molecule has 1 amide bonds. The number of hydrogen-bond donors (Lipinski definition) is 2. The van der Waals surface area contributed by atoms with Crippen LogP contribution in [0.1, 0.15) is 24.0 Å². The van der Waals surface area contributed by atoms with Crippen LogP contribution in [0.5, 0.6) is 0 Å². The molecule has 0 unspecified atom stereocenters. The first-order chi connectivity index (χ1) is 12.0. The highest BCUT2D eigenvalue weighted by molar-refractivity contribution is 5.78. The largest absolute Gasteiger partial charge is 0.378 e. The van der Waals surface area contributed by atoms with Gasteiger partial charge in [0, 0.05) is 26.1 Å². The topological polar surface area (TPSA) is 127 Å². The minimum Gasteiger partial charge on any atom is -0.378 e. The van der Waals surface area contributed by atoms with E-state index < -0.39 is 4.92 Å². The summed E-state index contributed by atoms with van der Waals surface area (Å²) in [6.07, 6.45) is 2.62. The molecule has 130 valence electrons. The van der Waals surface area contributed by atoms with Crippen molar-refractivity contribution in [3.63, 3.8) is 0 Å². The van der Waals surface area contributed by atoms with Crippen LogP contribution in [0, 0.1) is 10.1 Å². The summed E-state index contributed by atoms with van der Waals surface area (Å²) in [6.45, 7) is 1.85. The van der Waals surface area contributed by atoms with Crippen LogP contribution in [0.4, 0.5) is 17.5 Å². The Bertz CT molecular complexity index is 810. The lowest BCUT2D eigenvalue weighted by atomic mass is 10.1. The lowest BCUT2D eigenvalue weighted by molar-refractivity contribution is -0.384. The van der Waals surface area contributed by atoms with Gasteiger partial charge in [0.05, 0.1) is 4.92 Å². The van der Waals surface area contributed by atoms with Gasteiger partial charge in [-0.1, -0.05) is 24.3 Å². The van der Waals surface area contributed by atoms with Crippen LogP contribution in [0.3, 0.4) is 0 Å². The highest BCUT2D eigenvalue weighted by Gasteiger charge is 2.20. The van der Waals surface area contributed by atoms with Crippen LogP contribution in [-0.4, -0.2) is 32.2 Å². The number of carbonyl (C=O) groups excluding carboxylic acids is 1. The van der Waals surface area contributed by atoms with Gasteiger partial charge in [0.25, 0.3) is 0 Å². The number of rotatable bonds is 6. The molecule has 1 aliphatic heterocycles. The fourth-order valence-corrected chi connectivity index (χ4v) is 2.73. The Hall–Kier alpha value is -3.23. The Labute approximate surface area is 144 Å². The van der Waals surface area contributed by atoms with E-state index in [2.05, 4.69) is 15.3 Å². The van der Waals surface area contributed by atoms with Crippen molar-refractivity contribution in [2.24, 2.45) is 0 Å². The summed E-state index contributed by atoms with van der Waals surface area (Å²) in [5.74, 6) is 0.241. The van der Waals surface area contributed by atoms with Crippen molar-refractivity contribution in [3.05, 3.63) is 51.7 Å². The lowest BCUT2D eigenvalue weighted by Crippen LogP contribution is -2.23. The lowest BCUT2D eigenvalue weighted by Gasteiger charge is -2.16. The van der Waals surface area contributed by atoms with Gasteiger partial charge >= 0.3 is 5.69 Å². The monoisotopic (exact) mass is 342 g/mol. The summed E-state index contributed by atoms with van der Waals surface area (Å²) >= 11 is 0. The maximum Gasteiger partial charge on any atom is 0.329 e. The maximum atomic E-state index is 11.7. The van der Waals surface area contributed by atoms with E-state index in [-0.39, 0.29) is 23.4 Å². The van der Waals surface area contributed by atoms with Gasteiger partial charge in [-0.2, -0.15) is 4.98 Å². The number of likely N-dealkylation sites (tertiary alicyclic amines) is 1. The first-order valence-electron chi connectivity index (χ1n) is 7.89. The Kier molecular flexibility index (Phi) is 4.73. The van der Waals surface area contributed by atoms with E-state index in [9.17, 15) is 14.9 Å². The van der Waals surface area contributed by atoms with Crippen molar-refractivity contribution in [2.75, 3.05) is 17.6 Å². The van der Waals surface area contributed by atoms with Gasteiger partial charge in [-0.3, -0.25) is 14.9 Å². The van der Waals surface area contributed by atoms with Crippen molar-refractivity contribution in [2.45, 2.75) is 25.9 Å². The summed E-state index contributed by atoms with van der Waals surface area (Å²) in [6, 6.07) is 7.86. The molecule has 9 heteroatoms. The molecule has 0 spiro atoms. The molecule has 1 saturated heterocycles. The number of anilines is 2. The second kappa shape index (κ2) is 7.12. The van der Waals surface area contributed by atoms with Crippen LogP contribution in [0.2, 0.25) is 0 Å². The molecule has 2 aromatic rings. The number of nitrogens with zero attached hydrogens (tertiary/aromatic N) is 4. The number of aromatic nitrogens is 2. The standard InChI is InChI=1S/C16H18N6O3/c17-15-13(22(24)25)9-19-16(20-15)18-8-11-3-1-4-12(7-11)10-21-6-2-5-14(21)23/h1,3-4,7,9H,2,5-6,8,10H2,(H3,17,18,19,20). The number of nitro groups is 1. The van der Waals surface area contributed by atoms with Gasteiger partial charge in [0.15, 0.2) is 0 Å². The molecular weight excluding hydrogens is 324 g/mol. The number of benzene rings is 1. The van der Waals surface area contributed by atoms with Crippen LogP contribution >= 0.6 is 0 Å². The molecular formula is C16H18N6O3. The van der Waals surface area contributed by atoms with Crippen molar-refractivity contribution in [1.29, 1.82) is 0 Å². The average Bonchev–Trinajstić information content (AvgIpc) is 2.98. The van der Waals surface area contributed by atoms with E-state index in [1.54, 1.807) is 0 Å². The molecule has 0 atom stereocenters. The Morgan fingerprint density at radius 3 is 2.84 bits per heavy atom. The van der Waals surface area contributed by atoms with Crippen LogP contribution in [-0.2, 0) is 17.9 Å². The van der Waals surface area contributed by atoms with E-state index >= 15 is 0 Å². The van der Waals surface area contributed by atoms with E-state index in [1.165, 1.54) is 0 Å². The minimum atomic E-state index is -0.623. The molecule has 3 rings (SSSR count). The fraction of sp³-hybridized carbons (Fsp3) is 0.312. The van der Waals surface area contributed by atoms with Gasteiger partial charge in [-0.05, 0) is 17.5 Å². The molecule has 1 aromatic carbocycles. The van der Waals surface area contributed by atoms with Crippen molar-refractivity contribution in [3.8, 4) is 0 Å². The number of nitrogens with two attached hydrogens (primary N) is 1. The average molecular weight is 342 g/mol. The van der Waals surface area contributed by atoms with E-state index in [0.717, 1.165) is 30.3 Å². The molecule has 2 heterocycles. The van der Waals surface area contributed by atoms with Crippen LogP contribution < -0.4 is 11.1 Å². The van der Waals surface area contributed by atoms with Crippen LogP contribution in [0.15, 0.2) is 30.5 Å². The first-order valence-corrected chi connectivity index (χ1v) is 7.89. The third kappa shape index (κ3) is 4.00. The van der Waals surface area contributed by atoms with Crippen molar-refractivity contribution in [1.82, 2.24) is 14.9 Å². The van der Waals surface area contributed by atoms with E-state index in [1.807, 2.05) is 29.2 Å². The predicted octanol–water partition coefficient (Wildman–Crippen LogP) is 1.70. The molecule has 0 aliphatic carbocycles. The molecule has 25 heavy (non-hydrogen) atoms. The molecule has 3 N–H and O–H groups in total. The molecule has 9 nitrogen and oxygen atoms in total. The number of nitrogens with one attached hydrogen (secondary N) is 1. The quantitative estimate of drug-likeness (QED) is 0.604. The molecule has 1 aromatic heterocycles. The summed E-state index contributed by atoms with van der Waals surface area (Å²) in [5, 5.41) is 13.7. The predicted molar refractivity (Wildman–Crippen MR) is 91.5 cm³/mol. The molecule has 1 aliphatic rings. The minimum absolute atomic E-state index is 0.177. The normalized spacial score (nSPS) is 13.9. The highest BCUT2D eigenvalue weighted by Crippen LogP contribution is 2.19. The Morgan fingerprint density at radius 1 is 1.36 bits per heavy atom. The zero-order valence-electron chi connectivity index (χ0n) is 13.5. The summed E-state index contributed by atoms with van der Waals surface area (Å²) in [7, 11) is 0. The fourth-order valence-electron chi connectivity index (χ4n) is 2.73. The SMILES string of the molecule is Nc1nc(NCc2cccc(CN3CCCC3=O)c2)ncc1[N+](=O)[O-]. The van der Waals surface area contributed by atoms with Gasteiger partial charge < -0.3 is 16.0 Å². The first kappa shape index (κ1) is 16.6. The molecule has 0 radical (unpaired) electrons. The Morgan fingerprint density at radius 2 is 2.16 bits per heavy atom. The second-order valence-electron chi connectivity index (χ2n) is 5.81. The van der Waals surface area contributed by atoms with Gasteiger partial charge in [-0.15, -0.1) is 0 Å². The third-order valence-corrected chi connectivity index (χ3v) is 3.98. The zero-order chi connectivity index (χ0) is 17.8. The highest BCUT2D eigenvalue weighted by atomic mass is 16.6. The third-order valence-electron chi connectivity index (χ3n) is 3.98. The summed E-state index contributed by atoms with van der Waals surface area (Å²) in [4.78, 5) is 31.4. The smallest absolute Gasteiger partial charge is 0.329 e. The second-order valence-corrected chi connectivity index (χ2v) is 5.81. The number of hydrogen-bond acceptors (Lipinski definition) is 7. The molecule has 0 saturated carbocycles. The van der Waals surface area contributed by atoms with Crippen molar-refractivity contribution >= 4 is 23.4 Å². The van der Waals surface area contributed by atoms with Gasteiger partial charge in [-0.25, -0.2) is 4.98 Å². The van der Waals surface area contributed by atoms with Crippen LogP contribution in [0.25, 0.3) is 0 Å². The number of carbonyl (C=O) groups is 1. The van der Waals surface area contributed by atoms with Gasteiger partial charge in [0.2, 0.25) is 17.7 Å². The molecule has 1 fully saturated rings. The zero-order valence-corrected chi connectivity index (χ0v) is 13.5. The molecule has 0 bridgehead atoms. The van der Waals surface area contributed by atoms with Gasteiger partial charge in [0.1, 0.15) is 6.20 Å². The summed E-state index contributed by atoms with van der Waals surface area (Å²) in [5.41, 5.74) is 7.28. The number of nitrogen functional groups attached to an aromatic ring is 1. The van der Waals surface area contributed by atoms with E-state index in [0.29, 0.717) is 19.5 Å².